The van der Waals surface area contributed by atoms with E-state index in [9.17, 15) is 14.4 Å². The minimum absolute atomic E-state index is 0. The summed E-state index contributed by atoms with van der Waals surface area (Å²) >= 11 is 0. The van der Waals surface area contributed by atoms with Crippen LogP contribution in [0.2, 0.25) is 0 Å². The maximum Gasteiger partial charge on any atom is 0.161 e. The Bertz CT molecular complexity index is 804. The normalized spacial score (nSPS) is 9.79. The molecule has 4 heteroatoms. The fraction of sp³-hybridized carbons (Fsp3) is 0.200. The van der Waals surface area contributed by atoms with Gasteiger partial charge in [-0.2, -0.15) is 0 Å². The third-order valence-electron chi connectivity index (χ3n) is 3.01. The van der Waals surface area contributed by atoms with E-state index in [-0.39, 0.29) is 24.8 Å². The molecular weight excluding hydrogens is 362 g/mol. The fourth-order valence-corrected chi connectivity index (χ4v) is 1.65. The zero-order chi connectivity index (χ0) is 21.2. The predicted octanol–water partition coefficient (Wildman–Crippen LogP) is 5.92. The Morgan fingerprint density at radius 1 is 0.828 bits per heavy atom. The molecule has 0 saturated heterocycles. The van der Waals surface area contributed by atoms with Gasteiger partial charge in [0, 0.05) is 18.0 Å². The van der Waals surface area contributed by atoms with E-state index in [2.05, 4.69) is 4.98 Å². The summed E-state index contributed by atoms with van der Waals surface area (Å²) in [5.74, 6) is 0.222. The molecule has 2 rings (SSSR count). The first-order chi connectivity index (χ1) is 13.4. The van der Waals surface area contributed by atoms with Crippen LogP contribution in [-0.2, 0) is 9.59 Å². The van der Waals surface area contributed by atoms with Crippen molar-refractivity contribution in [1.29, 1.82) is 0 Å². The minimum atomic E-state index is 0. The molecule has 0 aliphatic carbocycles. The highest BCUT2D eigenvalue weighted by Gasteiger charge is 1.93. The van der Waals surface area contributed by atoms with E-state index < -0.39 is 0 Å². The van der Waals surface area contributed by atoms with E-state index in [1.807, 2.05) is 55.5 Å². The third-order valence-corrected chi connectivity index (χ3v) is 3.01. The third kappa shape index (κ3) is 17.8. The van der Waals surface area contributed by atoms with Crippen molar-refractivity contribution in [2.24, 2.45) is 0 Å². The standard InChI is InChI=1S/C10H10O.C7H7NO.C7H10O.CH4/c1-9(11)7-8-10-5-3-2-4-6-10;1-6(9)7-3-2-4-8-5-7;1-3-4-5-6-7(2)8;/h2-8H,1H3;2-5H,1H3;3-6H,1-2H3;1H4/b8-7+;;4-3+,6-5+;. The van der Waals surface area contributed by atoms with Gasteiger partial charge in [0.05, 0.1) is 0 Å². The molecule has 0 bridgehead atoms. The number of pyridine rings is 1. The van der Waals surface area contributed by atoms with Gasteiger partial charge in [0.25, 0.3) is 0 Å². The molecule has 2 aromatic rings. The van der Waals surface area contributed by atoms with E-state index in [0.717, 1.165) is 5.56 Å². The zero-order valence-electron chi connectivity index (χ0n) is 16.8. The number of allylic oxidation sites excluding steroid dienone is 5. The maximum absolute atomic E-state index is 10.6. The average Bonchev–Trinajstić information content (AvgIpc) is 2.69. The van der Waals surface area contributed by atoms with Gasteiger partial charge in [-0.3, -0.25) is 19.4 Å². The van der Waals surface area contributed by atoms with Crippen LogP contribution in [0.3, 0.4) is 0 Å². The molecule has 0 aliphatic heterocycles. The van der Waals surface area contributed by atoms with Crippen molar-refractivity contribution in [2.45, 2.75) is 35.1 Å². The largest absolute Gasteiger partial charge is 0.295 e. The molecule has 0 spiro atoms. The van der Waals surface area contributed by atoms with Crippen molar-refractivity contribution in [1.82, 2.24) is 4.98 Å². The van der Waals surface area contributed by atoms with Crippen LogP contribution in [-0.4, -0.2) is 22.3 Å². The van der Waals surface area contributed by atoms with Crippen LogP contribution >= 0.6 is 0 Å². The Kier molecular flexibility index (Phi) is 17.3. The number of carbonyl (C=O) groups excluding carboxylic acids is 3. The van der Waals surface area contributed by atoms with Gasteiger partial charge in [-0.1, -0.05) is 62.1 Å². The van der Waals surface area contributed by atoms with E-state index >= 15 is 0 Å². The number of carbonyl (C=O) groups is 3. The minimum Gasteiger partial charge on any atom is -0.295 e. The average molecular weight is 394 g/mol. The lowest BCUT2D eigenvalue weighted by Gasteiger charge is -1.88. The topological polar surface area (TPSA) is 64.1 Å². The van der Waals surface area contributed by atoms with Gasteiger partial charge in [0.1, 0.15) is 0 Å². The van der Waals surface area contributed by atoms with E-state index in [1.54, 1.807) is 43.6 Å². The van der Waals surface area contributed by atoms with Crippen molar-refractivity contribution < 1.29 is 14.4 Å². The molecular formula is C25H31NO3. The van der Waals surface area contributed by atoms with Crippen LogP contribution < -0.4 is 0 Å². The van der Waals surface area contributed by atoms with Gasteiger partial charge in [0.2, 0.25) is 0 Å². The summed E-state index contributed by atoms with van der Waals surface area (Å²) in [6.45, 7) is 6.50. The summed E-state index contributed by atoms with van der Waals surface area (Å²) in [5, 5.41) is 0. The Morgan fingerprint density at radius 2 is 1.45 bits per heavy atom. The van der Waals surface area contributed by atoms with Crippen LogP contribution in [0.1, 0.15) is 51.0 Å². The molecule has 1 heterocycles. The summed E-state index contributed by atoms with van der Waals surface area (Å²) in [4.78, 5) is 35.1. The highest BCUT2D eigenvalue weighted by atomic mass is 16.1. The molecule has 1 aromatic heterocycles. The molecule has 0 aliphatic rings. The van der Waals surface area contributed by atoms with E-state index in [1.165, 1.54) is 19.9 Å². The number of nitrogens with zero attached hydrogens (tertiary/aromatic N) is 1. The number of aromatic nitrogens is 1. The number of ketones is 3. The summed E-state index contributed by atoms with van der Waals surface area (Å²) in [6.07, 6.45) is 13.5. The second-order valence-electron chi connectivity index (χ2n) is 5.65. The lowest BCUT2D eigenvalue weighted by molar-refractivity contribution is -0.113. The lowest BCUT2D eigenvalue weighted by atomic mass is 10.2. The van der Waals surface area contributed by atoms with Gasteiger partial charge in [-0.15, -0.1) is 0 Å². The Hall–Kier alpha value is -3.40. The first-order valence-electron chi connectivity index (χ1n) is 8.81. The highest BCUT2D eigenvalue weighted by Crippen LogP contribution is 2.00. The quantitative estimate of drug-likeness (QED) is 0.359. The van der Waals surface area contributed by atoms with Crippen molar-refractivity contribution in [3.8, 4) is 0 Å². The molecule has 0 saturated carbocycles. The summed E-state index contributed by atoms with van der Waals surface area (Å²) in [5.41, 5.74) is 1.72. The number of Topliss-reactive ketones (excluding diaryl/α,β-unsaturated/α-hetero) is 1. The Balaban J connectivity index is 0. The molecule has 0 amide bonds. The van der Waals surface area contributed by atoms with Gasteiger partial charge >= 0.3 is 0 Å². The molecule has 0 fully saturated rings. The number of benzene rings is 1. The monoisotopic (exact) mass is 393 g/mol. The summed E-state index contributed by atoms with van der Waals surface area (Å²) in [6, 6.07) is 13.2. The number of rotatable bonds is 5. The summed E-state index contributed by atoms with van der Waals surface area (Å²) < 4.78 is 0. The van der Waals surface area contributed by atoms with Crippen LogP contribution in [0, 0.1) is 0 Å². The molecule has 154 valence electrons. The number of hydrogen-bond acceptors (Lipinski definition) is 4. The SMILES string of the molecule is C.C/C=C/C=C/C(C)=O.CC(=O)/C=C/c1ccccc1.CC(=O)c1cccnc1. The number of hydrogen-bond donors (Lipinski definition) is 0. The molecule has 29 heavy (non-hydrogen) atoms. The molecule has 1 aromatic carbocycles. The van der Waals surface area contributed by atoms with Crippen molar-refractivity contribution in [2.75, 3.05) is 0 Å². The van der Waals surface area contributed by atoms with Crippen LogP contribution in [0.5, 0.6) is 0 Å². The zero-order valence-corrected chi connectivity index (χ0v) is 16.8. The van der Waals surface area contributed by atoms with E-state index in [4.69, 9.17) is 0 Å². The van der Waals surface area contributed by atoms with Crippen LogP contribution in [0.4, 0.5) is 0 Å². The van der Waals surface area contributed by atoms with Gasteiger partial charge in [-0.25, -0.2) is 0 Å². The summed E-state index contributed by atoms with van der Waals surface area (Å²) in [7, 11) is 0. The van der Waals surface area contributed by atoms with Crippen molar-refractivity contribution >= 4 is 23.4 Å². The Morgan fingerprint density at radius 3 is 1.86 bits per heavy atom. The predicted molar refractivity (Wildman–Crippen MR) is 122 cm³/mol. The van der Waals surface area contributed by atoms with E-state index in [0.29, 0.717) is 5.56 Å². The molecule has 0 N–H and O–H groups in total. The van der Waals surface area contributed by atoms with Crippen molar-refractivity contribution in [3.05, 3.63) is 96.4 Å². The molecule has 0 unspecified atom stereocenters. The second-order valence-corrected chi connectivity index (χ2v) is 5.65. The smallest absolute Gasteiger partial charge is 0.161 e. The molecule has 0 radical (unpaired) electrons. The molecule has 4 nitrogen and oxygen atoms in total. The Labute approximate surface area is 174 Å². The van der Waals surface area contributed by atoms with Crippen molar-refractivity contribution in [3.63, 3.8) is 0 Å². The fourth-order valence-electron chi connectivity index (χ4n) is 1.65. The first-order valence-corrected chi connectivity index (χ1v) is 8.81. The van der Waals surface area contributed by atoms with Crippen LogP contribution in [0.15, 0.2) is 85.2 Å². The van der Waals surface area contributed by atoms with Crippen LogP contribution in [0.25, 0.3) is 6.08 Å². The maximum atomic E-state index is 10.6. The highest BCUT2D eigenvalue weighted by molar-refractivity contribution is 5.93. The van der Waals surface area contributed by atoms with Gasteiger partial charge < -0.3 is 0 Å². The second kappa shape index (κ2) is 18.0. The van der Waals surface area contributed by atoms with Gasteiger partial charge in [0.15, 0.2) is 17.3 Å². The lowest BCUT2D eigenvalue weighted by Crippen LogP contribution is -1.90. The molecule has 0 atom stereocenters. The van der Waals surface area contributed by atoms with Gasteiger partial charge in [-0.05, 0) is 57.5 Å². The first kappa shape index (κ1) is 27.8.